The van der Waals surface area contributed by atoms with Gasteiger partial charge in [-0.3, -0.25) is 19.3 Å². The molecule has 1 aliphatic heterocycles. The van der Waals surface area contributed by atoms with Crippen molar-refractivity contribution in [3.8, 4) is 0 Å². The summed E-state index contributed by atoms with van der Waals surface area (Å²) >= 11 is 0. The van der Waals surface area contributed by atoms with Gasteiger partial charge in [0.25, 0.3) is 5.91 Å². The number of likely N-dealkylation sites (tertiary alicyclic amines) is 1. The Morgan fingerprint density at radius 3 is 2.34 bits per heavy atom. The second-order valence-electron chi connectivity index (χ2n) is 8.58. The van der Waals surface area contributed by atoms with Gasteiger partial charge in [-0.1, -0.05) is 17.7 Å². The SMILES string of the molecule is Cc1ccc(NC(=O)COC(=O)[C@@H](C)N2C(=O)[C@H]3[C@@H]4CC[C@@H](C4)[C@@H]3C2=O)c(C)c1. The molecule has 0 radical (unpaired) electrons. The molecule has 29 heavy (non-hydrogen) atoms. The van der Waals surface area contributed by atoms with Crippen LogP contribution in [0.3, 0.4) is 0 Å². The molecule has 2 aliphatic carbocycles. The fourth-order valence-corrected chi connectivity index (χ4v) is 5.32. The number of carbonyl (C=O) groups excluding carboxylic acids is 4. The third kappa shape index (κ3) is 3.32. The van der Waals surface area contributed by atoms with Crippen LogP contribution in [0.1, 0.15) is 37.3 Å². The number of aryl methyl sites for hydroxylation is 2. The minimum Gasteiger partial charge on any atom is -0.454 e. The minimum absolute atomic E-state index is 0.253. The maximum atomic E-state index is 12.8. The third-order valence-corrected chi connectivity index (χ3v) is 6.69. The Hall–Kier alpha value is -2.70. The first kappa shape index (κ1) is 19.6. The van der Waals surface area contributed by atoms with Gasteiger partial charge in [0, 0.05) is 5.69 Å². The fraction of sp³-hybridized carbons (Fsp3) is 0.545. The van der Waals surface area contributed by atoms with Crippen LogP contribution >= 0.6 is 0 Å². The molecule has 3 aliphatic rings. The Kier molecular flexibility index (Phi) is 4.92. The molecule has 2 saturated carbocycles. The van der Waals surface area contributed by atoms with Gasteiger partial charge in [-0.05, 0) is 63.5 Å². The number of hydrogen-bond donors (Lipinski definition) is 1. The molecule has 1 heterocycles. The molecule has 3 fully saturated rings. The van der Waals surface area contributed by atoms with E-state index in [1.54, 1.807) is 6.07 Å². The first-order valence-electron chi connectivity index (χ1n) is 10.2. The Labute approximate surface area is 169 Å². The van der Waals surface area contributed by atoms with Gasteiger partial charge in [0.1, 0.15) is 6.04 Å². The number of amides is 3. The molecular weight excluding hydrogens is 372 g/mol. The number of carbonyl (C=O) groups is 4. The highest BCUT2D eigenvalue weighted by molar-refractivity contribution is 6.08. The van der Waals surface area contributed by atoms with Crippen molar-refractivity contribution in [2.45, 2.75) is 46.1 Å². The van der Waals surface area contributed by atoms with Crippen LogP contribution < -0.4 is 5.32 Å². The van der Waals surface area contributed by atoms with E-state index in [-0.39, 0.29) is 35.5 Å². The van der Waals surface area contributed by atoms with Gasteiger partial charge in [-0.15, -0.1) is 0 Å². The highest BCUT2D eigenvalue weighted by Crippen LogP contribution is 2.56. The lowest BCUT2D eigenvalue weighted by atomic mass is 9.81. The summed E-state index contributed by atoms with van der Waals surface area (Å²) in [5.41, 5.74) is 2.64. The zero-order chi connectivity index (χ0) is 20.9. The van der Waals surface area contributed by atoms with Crippen LogP contribution in [0.15, 0.2) is 18.2 Å². The maximum Gasteiger partial charge on any atom is 0.329 e. The Morgan fingerprint density at radius 2 is 1.76 bits per heavy atom. The van der Waals surface area contributed by atoms with E-state index in [1.807, 2.05) is 26.0 Å². The summed E-state index contributed by atoms with van der Waals surface area (Å²) < 4.78 is 5.10. The van der Waals surface area contributed by atoms with E-state index in [0.29, 0.717) is 5.69 Å². The van der Waals surface area contributed by atoms with Crippen LogP contribution in [-0.4, -0.2) is 41.2 Å². The number of nitrogens with one attached hydrogen (secondary N) is 1. The molecule has 3 amide bonds. The third-order valence-electron chi connectivity index (χ3n) is 6.69. The quantitative estimate of drug-likeness (QED) is 0.606. The second-order valence-corrected chi connectivity index (χ2v) is 8.58. The Morgan fingerprint density at radius 1 is 1.14 bits per heavy atom. The molecule has 154 valence electrons. The van der Waals surface area contributed by atoms with E-state index >= 15 is 0 Å². The molecule has 2 bridgehead atoms. The van der Waals surface area contributed by atoms with E-state index < -0.39 is 24.5 Å². The molecule has 1 aromatic carbocycles. The van der Waals surface area contributed by atoms with Crippen molar-refractivity contribution in [2.75, 3.05) is 11.9 Å². The summed E-state index contributed by atoms with van der Waals surface area (Å²) in [5.74, 6) is -1.74. The van der Waals surface area contributed by atoms with Crippen molar-refractivity contribution in [1.82, 2.24) is 4.90 Å². The van der Waals surface area contributed by atoms with E-state index in [0.717, 1.165) is 35.3 Å². The molecule has 4 rings (SSSR count). The summed E-state index contributed by atoms with van der Waals surface area (Å²) in [6.07, 6.45) is 2.91. The predicted octanol–water partition coefficient (Wildman–Crippen LogP) is 2.20. The predicted molar refractivity (Wildman–Crippen MR) is 105 cm³/mol. The number of fused-ring (bicyclic) bond motifs is 5. The zero-order valence-corrected chi connectivity index (χ0v) is 16.9. The van der Waals surface area contributed by atoms with Crippen molar-refractivity contribution in [3.05, 3.63) is 29.3 Å². The number of esters is 1. The number of hydrogen-bond acceptors (Lipinski definition) is 5. The number of rotatable bonds is 5. The monoisotopic (exact) mass is 398 g/mol. The smallest absolute Gasteiger partial charge is 0.329 e. The van der Waals surface area contributed by atoms with Crippen LogP contribution in [-0.2, 0) is 23.9 Å². The fourth-order valence-electron chi connectivity index (χ4n) is 5.32. The number of benzene rings is 1. The lowest BCUT2D eigenvalue weighted by molar-refractivity contribution is -0.159. The van der Waals surface area contributed by atoms with Crippen molar-refractivity contribution in [2.24, 2.45) is 23.7 Å². The molecule has 5 atom stereocenters. The van der Waals surface area contributed by atoms with Crippen LogP contribution in [0.2, 0.25) is 0 Å². The summed E-state index contributed by atoms with van der Waals surface area (Å²) in [6, 6.07) is 4.60. The van der Waals surface area contributed by atoms with Crippen molar-refractivity contribution < 1.29 is 23.9 Å². The highest BCUT2D eigenvalue weighted by Gasteiger charge is 2.62. The Bertz CT molecular complexity index is 867. The summed E-state index contributed by atoms with van der Waals surface area (Å²) in [5, 5.41) is 2.71. The standard InChI is InChI=1S/C22H26N2O5/c1-11-4-7-16(12(2)8-11)23-17(25)10-29-22(28)13(3)24-20(26)18-14-5-6-15(9-14)19(18)21(24)27/h4,7-8,13-15,18-19H,5-6,9-10H2,1-3H3,(H,23,25)/t13-,14-,15+,18+,19+/m1/s1. The van der Waals surface area contributed by atoms with Gasteiger partial charge in [0.15, 0.2) is 6.61 Å². The first-order chi connectivity index (χ1) is 13.8. The van der Waals surface area contributed by atoms with Crippen molar-refractivity contribution in [3.63, 3.8) is 0 Å². The van der Waals surface area contributed by atoms with E-state index in [2.05, 4.69) is 5.32 Å². The van der Waals surface area contributed by atoms with Crippen LogP contribution in [0, 0.1) is 37.5 Å². The van der Waals surface area contributed by atoms with Crippen LogP contribution in [0.5, 0.6) is 0 Å². The van der Waals surface area contributed by atoms with Gasteiger partial charge < -0.3 is 10.1 Å². The van der Waals surface area contributed by atoms with Crippen LogP contribution in [0.4, 0.5) is 5.69 Å². The van der Waals surface area contributed by atoms with Gasteiger partial charge >= 0.3 is 5.97 Å². The normalized spacial score (nSPS) is 28.4. The maximum absolute atomic E-state index is 12.8. The molecule has 0 spiro atoms. The first-order valence-corrected chi connectivity index (χ1v) is 10.2. The number of ether oxygens (including phenoxy) is 1. The molecule has 1 N–H and O–H groups in total. The lowest BCUT2D eigenvalue weighted by Crippen LogP contribution is -2.45. The average molecular weight is 398 g/mol. The van der Waals surface area contributed by atoms with Crippen molar-refractivity contribution >= 4 is 29.4 Å². The van der Waals surface area contributed by atoms with Crippen LogP contribution in [0.25, 0.3) is 0 Å². The Balaban J connectivity index is 1.34. The van der Waals surface area contributed by atoms with E-state index in [4.69, 9.17) is 4.74 Å². The minimum atomic E-state index is -1.02. The molecule has 0 aromatic heterocycles. The molecule has 1 saturated heterocycles. The van der Waals surface area contributed by atoms with Gasteiger partial charge in [0.2, 0.25) is 11.8 Å². The molecular formula is C22H26N2O5. The summed E-state index contributed by atoms with van der Waals surface area (Å²) in [7, 11) is 0. The van der Waals surface area contributed by atoms with E-state index in [9.17, 15) is 19.2 Å². The average Bonchev–Trinajstić information content (AvgIpc) is 3.35. The number of anilines is 1. The number of nitrogens with zero attached hydrogens (tertiary/aromatic N) is 1. The van der Waals surface area contributed by atoms with Gasteiger partial charge in [0.05, 0.1) is 11.8 Å². The van der Waals surface area contributed by atoms with E-state index in [1.165, 1.54) is 6.92 Å². The van der Waals surface area contributed by atoms with Crippen molar-refractivity contribution in [1.29, 1.82) is 0 Å². The second kappa shape index (κ2) is 7.28. The molecule has 0 unspecified atom stereocenters. The van der Waals surface area contributed by atoms with Gasteiger partial charge in [-0.25, -0.2) is 4.79 Å². The molecule has 1 aromatic rings. The zero-order valence-electron chi connectivity index (χ0n) is 16.9. The largest absolute Gasteiger partial charge is 0.454 e. The topological polar surface area (TPSA) is 92.8 Å². The molecule has 7 heteroatoms. The molecule has 7 nitrogen and oxygen atoms in total. The summed E-state index contributed by atoms with van der Waals surface area (Å²) in [4.78, 5) is 51.2. The summed E-state index contributed by atoms with van der Waals surface area (Å²) in [6.45, 7) is 4.86. The number of imide groups is 1. The van der Waals surface area contributed by atoms with Gasteiger partial charge in [-0.2, -0.15) is 0 Å². The highest BCUT2D eigenvalue weighted by atomic mass is 16.5. The lowest BCUT2D eigenvalue weighted by Gasteiger charge is -2.23.